The summed E-state index contributed by atoms with van der Waals surface area (Å²) in [6.07, 6.45) is 2.46. The van der Waals surface area contributed by atoms with Crippen LogP contribution in [0.25, 0.3) is 0 Å². The Balaban J connectivity index is 2.49. The van der Waals surface area contributed by atoms with Crippen molar-refractivity contribution in [2.75, 3.05) is 0 Å². The van der Waals surface area contributed by atoms with E-state index >= 15 is 0 Å². The monoisotopic (exact) mass is 404 g/mol. The molecule has 32 heavy (non-hydrogen) atoms. The van der Waals surface area contributed by atoms with E-state index < -0.39 is 0 Å². The minimum Gasteiger partial charge on any atom is -0.406 e. The molecule has 1 aromatic carbocycles. The van der Waals surface area contributed by atoms with Gasteiger partial charge in [-0.05, 0) is 91.9 Å². The molecule has 0 atom stereocenters. The van der Waals surface area contributed by atoms with E-state index in [4.69, 9.17) is 4.74 Å². The standard InChI is InChI=1S/C30H12O2/c1-4-5-6-7-8-9-10-11-12-13-14-15-16-17-18-19-20-21-22-25-32-30-24-23-29(28(3)31)26-27(30)2/h23-24,26H,1-3H3. The second kappa shape index (κ2) is 16.3. The van der Waals surface area contributed by atoms with Crippen LogP contribution in [0, 0.1) is 126 Å². The van der Waals surface area contributed by atoms with Crippen molar-refractivity contribution in [3.63, 3.8) is 0 Å². The number of hydrogen-bond donors (Lipinski definition) is 0. The SMILES string of the molecule is CC#CC#CC#CC#CC#CC#CC#CC#CC#CC#COc1ccc(C(C)=O)cc1C. The summed E-state index contributed by atoms with van der Waals surface area (Å²) in [6, 6.07) is 5.12. The second-order valence-corrected chi connectivity index (χ2v) is 5.24. The number of benzene rings is 1. The van der Waals surface area contributed by atoms with Crippen molar-refractivity contribution in [1.82, 2.24) is 0 Å². The van der Waals surface area contributed by atoms with Crippen molar-refractivity contribution >= 4 is 5.78 Å². The average Bonchev–Trinajstić information content (AvgIpc) is 2.78. The van der Waals surface area contributed by atoms with E-state index in [-0.39, 0.29) is 5.78 Å². The Morgan fingerprint density at radius 2 is 1.06 bits per heavy atom. The van der Waals surface area contributed by atoms with Gasteiger partial charge in [0.1, 0.15) is 11.9 Å². The van der Waals surface area contributed by atoms with Crippen molar-refractivity contribution in [2.24, 2.45) is 0 Å². The van der Waals surface area contributed by atoms with Gasteiger partial charge in [-0.25, -0.2) is 0 Å². The lowest BCUT2D eigenvalue weighted by atomic mass is 10.1. The van der Waals surface area contributed by atoms with E-state index in [0.29, 0.717) is 11.3 Å². The zero-order valence-corrected chi connectivity index (χ0v) is 17.5. The molecule has 0 amide bonds. The Kier molecular flexibility index (Phi) is 12.4. The van der Waals surface area contributed by atoms with Gasteiger partial charge in [-0.1, -0.05) is 5.92 Å². The van der Waals surface area contributed by atoms with Crippen LogP contribution in [0.4, 0.5) is 0 Å². The molecule has 1 aromatic rings. The van der Waals surface area contributed by atoms with Gasteiger partial charge in [-0.3, -0.25) is 4.79 Å². The fourth-order valence-corrected chi connectivity index (χ4v) is 1.65. The molecule has 0 aromatic heterocycles. The lowest BCUT2D eigenvalue weighted by molar-refractivity contribution is 0.101. The zero-order chi connectivity index (χ0) is 23.3. The molecule has 0 fully saturated rings. The van der Waals surface area contributed by atoms with Crippen LogP contribution in [0.3, 0.4) is 0 Å². The number of rotatable bonds is 2. The molecule has 1 rings (SSSR count). The van der Waals surface area contributed by atoms with Crippen molar-refractivity contribution in [1.29, 1.82) is 0 Å². The molecule has 0 N–H and O–H groups in total. The molecule has 0 radical (unpaired) electrons. The lowest BCUT2D eigenvalue weighted by Crippen LogP contribution is -1.94. The van der Waals surface area contributed by atoms with E-state index in [1.165, 1.54) is 6.92 Å². The Hall–Kier alpha value is -5.71. The fraction of sp³-hybridized carbons (Fsp3) is 0.100. The summed E-state index contributed by atoms with van der Waals surface area (Å²) in [5, 5.41) is 0. The molecule has 2 heteroatoms. The molecule has 2 nitrogen and oxygen atoms in total. The van der Waals surface area contributed by atoms with Crippen LogP contribution >= 0.6 is 0 Å². The molecular weight excluding hydrogens is 392 g/mol. The van der Waals surface area contributed by atoms with Crippen LogP contribution in [0.1, 0.15) is 29.8 Å². The van der Waals surface area contributed by atoms with E-state index in [1.807, 2.05) is 6.92 Å². The van der Waals surface area contributed by atoms with Crippen LogP contribution in [0.5, 0.6) is 5.75 Å². The summed E-state index contributed by atoms with van der Waals surface area (Å²) in [5.74, 6) is 48.5. The van der Waals surface area contributed by atoms with Crippen LogP contribution in [0.2, 0.25) is 0 Å². The predicted octanol–water partition coefficient (Wildman–Crippen LogP) is 2.59. The van der Waals surface area contributed by atoms with Gasteiger partial charge in [0.15, 0.2) is 5.78 Å². The highest BCUT2D eigenvalue weighted by molar-refractivity contribution is 5.94. The maximum Gasteiger partial charge on any atom is 0.159 e. The minimum atomic E-state index is -0.00614. The zero-order valence-electron chi connectivity index (χ0n) is 17.5. The van der Waals surface area contributed by atoms with Gasteiger partial charge in [-0.15, -0.1) is 0 Å². The molecule has 0 unspecified atom stereocenters. The minimum absolute atomic E-state index is 0.00614. The first-order valence-electron chi connectivity index (χ1n) is 8.85. The summed E-state index contributed by atoms with van der Waals surface area (Å²) in [5.41, 5.74) is 1.43. The molecule has 0 heterocycles. The Morgan fingerprint density at radius 3 is 1.44 bits per heavy atom. The largest absolute Gasteiger partial charge is 0.406 e. The van der Waals surface area contributed by atoms with Crippen molar-refractivity contribution < 1.29 is 9.53 Å². The van der Waals surface area contributed by atoms with Gasteiger partial charge in [0, 0.05) is 64.8 Å². The van der Waals surface area contributed by atoms with Crippen molar-refractivity contribution in [3.8, 4) is 124 Å². The number of carbonyl (C=O) groups is 1. The summed E-state index contributed by atoms with van der Waals surface area (Å²) < 4.78 is 5.29. The van der Waals surface area contributed by atoms with Crippen molar-refractivity contribution in [2.45, 2.75) is 20.8 Å². The molecule has 0 aliphatic carbocycles. The van der Waals surface area contributed by atoms with E-state index in [9.17, 15) is 4.79 Å². The highest BCUT2D eigenvalue weighted by Crippen LogP contribution is 2.18. The van der Waals surface area contributed by atoms with Gasteiger partial charge in [0.25, 0.3) is 0 Å². The first-order valence-corrected chi connectivity index (χ1v) is 8.85. The molecule has 0 bridgehead atoms. The third-order valence-electron chi connectivity index (χ3n) is 2.98. The van der Waals surface area contributed by atoms with Crippen LogP contribution in [-0.4, -0.2) is 5.78 Å². The van der Waals surface area contributed by atoms with Crippen LogP contribution < -0.4 is 4.74 Å². The number of carbonyl (C=O) groups excluding carboxylic acids is 1. The topological polar surface area (TPSA) is 26.3 Å². The van der Waals surface area contributed by atoms with Crippen LogP contribution in [0.15, 0.2) is 18.2 Å². The Morgan fingerprint density at radius 1 is 0.656 bits per heavy atom. The van der Waals surface area contributed by atoms with Gasteiger partial charge >= 0.3 is 0 Å². The Labute approximate surface area is 189 Å². The van der Waals surface area contributed by atoms with Gasteiger partial charge in [0.2, 0.25) is 0 Å². The summed E-state index contributed by atoms with van der Waals surface area (Å²) in [7, 11) is 0. The second-order valence-electron chi connectivity index (χ2n) is 5.24. The maximum absolute atomic E-state index is 11.3. The number of ether oxygens (including phenoxy) is 1. The Bertz CT molecular complexity index is 1530. The molecule has 0 saturated carbocycles. The lowest BCUT2D eigenvalue weighted by Gasteiger charge is -2.03. The van der Waals surface area contributed by atoms with E-state index in [2.05, 4.69) is 119 Å². The van der Waals surface area contributed by atoms with Gasteiger partial charge in [-0.2, -0.15) is 0 Å². The summed E-state index contributed by atoms with van der Waals surface area (Å²) >= 11 is 0. The van der Waals surface area contributed by atoms with Gasteiger partial charge in [0.05, 0.1) is 0 Å². The van der Waals surface area contributed by atoms with Crippen molar-refractivity contribution in [3.05, 3.63) is 29.3 Å². The first-order chi connectivity index (χ1) is 15.6. The van der Waals surface area contributed by atoms with Gasteiger partial charge < -0.3 is 4.74 Å². The molecular formula is C30H12O2. The molecule has 144 valence electrons. The maximum atomic E-state index is 11.3. The predicted molar refractivity (Wildman–Crippen MR) is 125 cm³/mol. The third-order valence-corrected chi connectivity index (χ3v) is 2.98. The average molecular weight is 404 g/mol. The number of hydrogen-bond acceptors (Lipinski definition) is 2. The number of Topliss-reactive ketones (excluding diaryl/α,β-unsaturated/α-hetero) is 1. The van der Waals surface area contributed by atoms with E-state index in [1.54, 1.807) is 25.1 Å². The van der Waals surface area contributed by atoms with E-state index in [0.717, 1.165) is 5.56 Å². The molecule has 0 aliphatic heterocycles. The first kappa shape index (κ1) is 24.3. The number of ketones is 1. The molecule has 0 aliphatic rings. The molecule has 0 saturated heterocycles. The third kappa shape index (κ3) is 11.9. The van der Waals surface area contributed by atoms with Crippen LogP contribution in [-0.2, 0) is 0 Å². The summed E-state index contributed by atoms with van der Waals surface area (Å²) in [6.45, 7) is 5.03. The smallest absolute Gasteiger partial charge is 0.159 e. The quantitative estimate of drug-likeness (QED) is 0.560. The highest BCUT2D eigenvalue weighted by atomic mass is 16.5. The highest BCUT2D eigenvalue weighted by Gasteiger charge is 2.03. The normalized spacial score (nSPS) is 6.09. The number of aryl methyl sites for hydroxylation is 1. The summed E-state index contributed by atoms with van der Waals surface area (Å²) in [4.78, 5) is 11.3. The molecule has 0 spiro atoms. The fourth-order valence-electron chi connectivity index (χ4n) is 1.65.